The zero-order valence-electron chi connectivity index (χ0n) is 16.0. The Hall–Kier alpha value is -0.950. The molecular weight excluding hydrogens is 408 g/mol. The summed E-state index contributed by atoms with van der Waals surface area (Å²) < 4.78 is 1.33. The molecule has 3 aliphatic heterocycles. The molecule has 2 N–H and O–H groups in total. The summed E-state index contributed by atoms with van der Waals surface area (Å²) in [5.74, 6) is 3.63. The number of amidine groups is 2. The first-order chi connectivity index (χ1) is 13.6. The summed E-state index contributed by atoms with van der Waals surface area (Å²) in [6.07, 6.45) is 4.08. The SMILES string of the molecule is N=C1C2=C(SCC2)SCCN1C(=N)C1CCN(CCc2ccc(Cl)cc2)CC1. The fraction of sp³-hybridized carbons (Fsp3) is 0.524. The van der Waals surface area contributed by atoms with Gasteiger partial charge in [0.25, 0.3) is 0 Å². The summed E-state index contributed by atoms with van der Waals surface area (Å²) in [5, 5.41) is 18.2. The maximum absolute atomic E-state index is 8.79. The fourth-order valence-electron chi connectivity index (χ4n) is 4.11. The molecule has 0 unspecified atom stereocenters. The molecule has 0 bridgehead atoms. The van der Waals surface area contributed by atoms with Crippen LogP contribution in [-0.4, -0.2) is 59.2 Å². The van der Waals surface area contributed by atoms with Gasteiger partial charge in [-0.1, -0.05) is 23.7 Å². The average molecular weight is 435 g/mol. The minimum atomic E-state index is 0.285. The minimum absolute atomic E-state index is 0.285. The third-order valence-corrected chi connectivity index (χ3v) is 8.60. The van der Waals surface area contributed by atoms with Crippen molar-refractivity contribution in [3.63, 3.8) is 0 Å². The number of nitrogens with zero attached hydrogens (tertiary/aromatic N) is 2. The van der Waals surface area contributed by atoms with E-state index in [-0.39, 0.29) is 5.92 Å². The Morgan fingerprint density at radius 3 is 2.54 bits per heavy atom. The van der Waals surface area contributed by atoms with Crippen molar-refractivity contribution >= 4 is 46.8 Å². The van der Waals surface area contributed by atoms with Gasteiger partial charge in [-0.25, -0.2) is 0 Å². The van der Waals surface area contributed by atoms with Crippen LogP contribution in [0.1, 0.15) is 24.8 Å². The Morgan fingerprint density at radius 2 is 1.79 bits per heavy atom. The van der Waals surface area contributed by atoms with Gasteiger partial charge >= 0.3 is 0 Å². The second-order valence-corrected chi connectivity index (χ2v) is 10.5. The van der Waals surface area contributed by atoms with Crippen molar-refractivity contribution in [2.75, 3.05) is 37.7 Å². The first kappa shape index (κ1) is 20.3. The molecule has 150 valence electrons. The molecule has 4 rings (SSSR count). The summed E-state index contributed by atoms with van der Waals surface area (Å²) in [6.45, 7) is 3.94. The van der Waals surface area contributed by atoms with Crippen molar-refractivity contribution in [2.45, 2.75) is 25.7 Å². The van der Waals surface area contributed by atoms with Crippen LogP contribution < -0.4 is 0 Å². The average Bonchev–Trinajstić information content (AvgIpc) is 3.13. The monoisotopic (exact) mass is 434 g/mol. The summed E-state index contributed by atoms with van der Waals surface area (Å²) in [7, 11) is 0. The highest BCUT2D eigenvalue weighted by Gasteiger charge is 2.32. The van der Waals surface area contributed by atoms with Crippen LogP contribution in [0.4, 0.5) is 0 Å². The van der Waals surface area contributed by atoms with Crippen molar-refractivity contribution in [1.82, 2.24) is 9.80 Å². The van der Waals surface area contributed by atoms with E-state index in [4.69, 9.17) is 22.4 Å². The highest BCUT2D eigenvalue weighted by atomic mass is 35.5. The topological polar surface area (TPSA) is 54.2 Å². The van der Waals surface area contributed by atoms with Crippen LogP contribution in [0.25, 0.3) is 0 Å². The van der Waals surface area contributed by atoms with Gasteiger partial charge in [-0.05, 0) is 56.5 Å². The van der Waals surface area contributed by atoms with E-state index in [2.05, 4.69) is 17.0 Å². The number of halogens is 1. The number of hydrogen-bond donors (Lipinski definition) is 2. The Morgan fingerprint density at radius 1 is 1.07 bits per heavy atom. The van der Waals surface area contributed by atoms with E-state index in [1.807, 2.05) is 40.6 Å². The van der Waals surface area contributed by atoms with Gasteiger partial charge in [0.2, 0.25) is 0 Å². The zero-order chi connectivity index (χ0) is 19.5. The van der Waals surface area contributed by atoms with E-state index >= 15 is 0 Å². The Balaban J connectivity index is 1.29. The fourth-order valence-corrected chi connectivity index (χ4v) is 6.77. The van der Waals surface area contributed by atoms with Crippen molar-refractivity contribution in [3.05, 3.63) is 44.7 Å². The molecule has 7 heteroatoms. The molecule has 28 heavy (non-hydrogen) atoms. The summed E-state index contributed by atoms with van der Waals surface area (Å²) >= 11 is 9.73. The maximum Gasteiger partial charge on any atom is 0.131 e. The molecule has 0 spiro atoms. The van der Waals surface area contributed by atoms with Gasteiger partial charge < -0.3 is 9.80 Å². The van der Waals surface area contributed by atoms with Gasteiger partial charge in [-0.2, -0.15) is 0 Å². The number of rotatable bonds is 4. The molecule has 1 aromatic carbocycles. The number of hydrogen-bond acceptors (Lipinski definition) is 5. The van der Waals surface area contributed by atoms with Crippen LogP contribution >= 0.6 is 35.1 Å². The molecule has 0 radical (unpaired) electrons. The van der Waals surface area contributed by atoms with Crippen LogP contribution in [0.15, 0.2) is 34.1 Å². The predicted molar refractivity (Wildman–Crippen MR) is 123 cm³/mol. The third-order valence-electron chi connectivity index (χ3n) is 5.83. The normalized spacial score (nSPS) is 21.8. The minimum Gasteiger partial charge on any atom is -0.314 e. The molecule has 0 aliphatic carbocycles. The van der Waals surface area contributed by atoms with Gasteiger partial charge in [0.1, 0.15) is 11.7 Å². The zero-order valence-corrected chi connectivity index (χ0v) is 18.4. The number of thioether (sulfide) groups is 2. The number of nitrogens with one attached hydrogen (secondary N) is 2. The van der Waals surface area contributed by atoms with Gasteiger partial charge in [-0.3, -0.25) is 10.8 Å². The largest absolute Gasteiger partial charge is 0.314 e. The second-order valence-electron chi connectivity index (χ2n) is 7.59. The predicted octanol–water partition coefficient (Wildman–Crippen LogP) is 4.95. The second kappa shape index (κ2) is 9.24. The van der Waals surface area contributed by atoms with Crippen LogP contribution in [0, 0.1) is 16.7 Å². The van der Waals surface area contributed by atoms with Gasteiger partial charge in [0, 0.05) is 45.3 Å². The Kier molecular flexibility index (Phi) is 6.71. The quantitative estimate of drug-likeness (QED) is 0.520. The first-order valence-electron chi connectivity index (χ1n) is 10.0. The molecule has 1 fully saturated rings. The van der Waals surface area contributed by atoms with E-state index < -0.39 is 0 Å². The first-order valence-corrected chi connectivity index (χ1v) is 12.4. The van der Waals surface area contributed by atoms with E-state index in [0.717, 1.165) is 68.4 Å². The molecule has 0 amide bonds. The molecule has 3 aliphatic rings. The lowest BCUT2D eigenvalue weighted by molar-refractivity contribution is 0.207. The molecule has 4 nitrogen and oxygen atoms in total. The summed E-state index contributed by atoms with van der Waals surface area (Å²) in [6, 6.07) is 8.14. The molecule has 0 atom stereocenters. The van der Waals surface area contributed by atoms with Gasteiger partial charge in [-0.15, -0.1) is 23.5 Å². The van der Waals surface area contributed by atoms with Gasteiger partial charge in [0.15, 0.2) is 0 Å². The van der Waals surface area contributed by atoms with Crippen LogP contribution in [0.3, 0.4) is 0 Å². The highest BCUT2D eigenvalue weighted by Crippen LogP contribution is 2.42. The van der Waals surface area contributed by atoms with Gasteiger partial charge in [0.05, 0.1) is 0 Å². The van der Waals surface area contributed by atoms with Crippen molar-refractivity contribution in [3.8, 4) is 0 Å². The smallest absolute Gasteiger partial charge is 0.131 e. The van der Waals surface area contributed by atoms with Crippen molar-refractivity contribution in [2.24, 2.45) is 5.92 Å². The van der Waals surface area contributed by atoms with Crippen molar-refractivity contribution < 1.29 is 0 Å². The van der Waals surface area contributed by atoms with E-state index in [9.17, 15) is 0 Å². The molecule has 3 heterocycles. The van der Waals surface area contributed by atoms with Crippen LogP contribution in [0.2, 0.25) is 5.02 Å². The summed E-state index contributed by atoms with van der Waals surface area (Å²) in [4.78, 5) is 4.51. The number of benzene rings is 1. The lowest BCUT2D eigenvalue weighted by atomic mass is 9.94. The number of likely N-dealkylation sites (tertiary alicyclic amines) is 1. The lowest BCUT2D eigenvalue weighted by Gasteiger charge is -2.36. The molecule has 0 aromatic heterocycles. The number of piperidine rings is 1. The van der Waals surface area contributed by atoms with Crippen LogP contribution in [-0.2, 0) is 6.42 Å². The van der Waals surface area contributed by atoms with E-state index in [1.54, 1.807) is 0 Å². The highest BCUT2D eigenvalue weighted by molar-refractivity contribution is 8.22. The van der Waals surface area contributed by atoms with E-state index in [0.29, 0.717) is 11.7 Å². The Bertz CT molecular complexity index is 769. The lowest BCUT2D eigenvalue weighted by Crippen LogP contribution is -2.45. The molecule has 1 aromatic rings. The summed E-state index contributed by atoms with van der Waals surface area (Å²) in [5.41, 5.74) is 2.51. The van der Waals surface area contributed by atoms with E-state index in [1.165, 1.54) is 15.4 Å². The van der Waals surface area contributed by atoms with Crippen LogP contribution in [0.5, 0.6) is 0 Å². The standard InChI is InChI=1S/C21H27ClN4S2/c22-17-3-1-15(2-4-17)5-9-25-10-6-16(7-11-25)19(23)26-12-14-28-21-18(20(26)24)8-13-27-21/h1-4,16,23-24H,5-14H2. The third kappa shape index (κ3) is 4.61. The molecular formula is C21H27ClN4S2. The van der Waals surface area contributed by atoms with Crippen molar-refractivity contribution in [1.29, 1.82) is 10.8 Å². The molecule has 0 saturated carbocycles. The molecule has 1 saturated heterocycles. The maximum atomic E-state index is 8.79. The Labute approximate surface area is 181 Å².